The Bertz CT molecular complexity index is 1850. The minimum atomic E-state index is -4.91. The number of azo groups is 2. The van der Waals surface area contributed by atoms with E-state index in [4.69, 9.17) is 30.8 Å². The number of sulfone groups is 1. The Balaban J connectivity index is 2.06. The summed E-state index contributed by atoms with van der Waals surface area (Å²) < 4.78 is 73.4. The number of ether oxygens (including phenoxy) is 3. The second-order valence-electron chi connectivity index (χ2n) is 8.98. The van der Waals surface area contributed by atoms with Gasteiger partial charge in [0.15, 0.2) is 9.84 Å². The first-order chi connectivity index (χ1) is 21.3. The van der Waals surface area contributed by atoms with Crippen LogP contribution in [0.4, 0.5) is 39.8 Å². The van der Waals surface area contributed by atoms with Crippen LogP contribution in [0.3, 0.4) is 0 Å². The normalized spacial score (nSPS) is 12.0. The first-order valence-corrected chi connectivity index (χ1v) is 16.0. The number of esters is 1. The molecule has 0 saturated carbocycles. The predicted molar refractivity (Wildman–Crippen MR) is 165 cm³/mol. The van der Waals surface area contributed by atoms with Gasteiger partial charge in [-0.25, -0.2) is 13.2 Å². The number of nitrogens with zero attached hydrogens (tertiary/aromatic N) is 4. The molecule has 0 radical (unpaired) electrons. The van der Waals surface area contributed by atoms with E-state index in [2.05, 4.69) is 25.8 Å². The van der Waals surface area contributed by atoms with Crippen LogP contribution < -0.4 is 26.3 Å². The first kappa shape index (κ1) is 34.6. The summed E-state index contributed by atoms with van der Waals surface area (Å²) in [6.07, 6.45) is 0. The van der Waals surface area contributed by atoms with Crippen LogP contribution in [0.15, 0.2) is 67.8 Å². The van der Waals surface area contributed by atoms with Gasteiger partial charge >= 0.3 is 5.97 Å². The molecule has 3 rings (SSSR count). The third-order valence-corrected chi connectivity index (χ3v) is 8.59. The Labute approximate surface area is 258 Å². The second kappa shape index (κ2) is 14.8. The van der Waals surface area contributed by atoms with Gasteiger partial charge in [0.25, 0.3) is 10.1 Å². The maximum absolute atomic E-state index is 12.1. The zero-order valence-electron chi connectivity index (χ0n) is 24.3. The van der Waals surface area contributed by atoms with E-state index in [1.165, 1.54) is 45.6 Å². The van der Waals surface area contributed by atoms with Crippen molar-refractivity contribution in [1.82, 2.24) is 0 Å². The van der Waals surface area contributed by atoms with Crippen LogP contribution in [-0.2, 0) is 24.7 Å². The number of anilines is 3. The molecule has 0 unspecified atom stereocenters. The lowest BCUT2D eigenvalue weighted by Gasteiger charge is -2.14. The summed E-state index contributed by atoms with van der Waals surface area (Å²) >= 11 is 0. The zero-order valence-corrected chi connectivity index (χ0v) is 25.9. The van der Waals surface area contributed by atoms with Crippen LogP contribution in [0.2, 0.25) is 0 Å². The van der Waals surface area contributed by atoms with Crippen molar-refractivity contribution >= 4 is 65.7 Å². The number of carbonyl (C=O) groups is 1. The smallest absolute Gasteiger partial charge is 0.340 e. The third-order valence-electron chi connectivity index (χ3n) is 6.06. The molecule has 0 atom stereocenters. The molecule has 0 aromatic heterocycles. The van der Waals surface area contributed by atoms with Crippen molar-refractivity contribution in [3.05, 3.63) is 48.0 Å². The van der Waals surface area contributed by atoms with Gasteiger partial charge in [0.2, 0.25) is 0 Å². The van der Waals surface area contributed by atoms with Crippen molar-refractivity contribution < 1.29 is 45.5 Å². The van der Waals surface area contributed by atoms with Crippen LogP contribution in [0.1, 0.15) is 10.4 Å². The predicted octanol–water partition coefficient (Wildman–Crippen LogP) is 3.55. The number of methoxy groups -OCH3 is 3. The molecular weight excluding hydrogens is 634 g/mol. The van der Waals surface area contributed by atoms with Crippen LogP contribution in [0, 0.1) is 0 Å². The fourth-order valence-corrected chi connectivity index (χ4v) is 5.33. The van der Waals surface area contributed by atoms with E-state index in [0.29, 0.717) is 5.69 Å². The second-order valence-corrected chi connectivity index (χ2v) is 12.7. The SMILES string of the molecule is COC(=O)c1ccccc1N=Nc1c(N)c(N=Nc2cc(OC)c(NCCS(=O)(=O)CCO)cc2OC)cc(S(=O)(=O)O)c1N. The number of carbonyl (C=O) groups excluding carboxylic acids is 1. The number of nitrogens with one attached hydrogen (secondary N) is 1. The molecule has 0 amide bonds. The van der Waals surface area contributed by atoms with E-state index in [1.54, 1.807) is 12.1 Å². The van der Waals surface area contributed by atoms with E-state index < -0.39 is 43.1 Å². The Morgan fingerprint density at radius 3 is 2.11 bits per heavy atom. The fourth-order valence-electron chi connectivity index (χ4n) is 3.80. The van der Waals surface area contributed by atoms with Gasteiger partial charge in [-0.05, 0) is 18.2 Å². The Hall–Kier alpha value is -4.85. The van der Waals surface area contributed by atoms with Gasteiger partial charge in [0.05, 0.1) is 62.1 Å². The van der Waals surface area contributed by atoms with Crippen molar-refractivity contribution in [2.45, 2.75) is 4.90 Å². The molecule has 0 aliphatic heterocycles. The molecule has 3 aromatic rings. The summed E-state index contributed by atoms with van der Waals surface area (Å²) in [5, 5.41) is 27.9. The number of nitrogens with two attached hydrogens (primary N) is 2. The van der Waals surface area contributed by atoms with E-state index in [0.717, 1.165) is 6.07 Å². The average Bonchev–Trinajstić information content (AvgIpc) is 2.99. The molecule has 45 heavy (non-hydrogen) atoms. The van der Waals surface area contributed by atoms with Crippen LogP contribution in [-0.4, -0.2) is 78.5 Å². The van der Waals surface area contributed by atoms with Crippen LogP contribution in [0.25, 0.3) is 0 Å². The average molecular weight is 666 g/mol. The Kier molecular flexibility index (Phi) is 11.4. The highest BCUT2D eigenvalue weighted by Gasteiger charge is 2.23. The monoisotopic (exact) mass is 665 g/mol. The number of rotatable bonds is 14. The molecule has 7 N–H and O–H groups in total. The van der Waals surface area contributed by atoms with E-state index in [9.17, 15) is 26.2 Å². The molecule has 0 aliphatic carbocycles. The summed E-state index contributed by atoms with van der Waals surface area (Å²) in [5.41, 5.74) is 11.3. The topological polar surface area (TPSA) is 267 Å². The standard InChI is InChI=1S/C26H31N7O10S2/c1-41-20-13-18(21(42-2)12-17(20)29-8-10-44(36,37)11-9-34)31-32-19-14-22(45(38,39)40)24(28)25(23(19)27)33-30-16-7-5-4-6-15(16)26(35)43-3/h4-7,12-14,29,34H,8-11,27-28H2,1-3H3,(H,38,39,40). The Morgan fingerprint density at radius 2 is 1.49 bits per heavy atom. The highest BCUT2D eigenvalue weighted by atomic mass is 32.2. The summed E-state index contributed by atoms with van der Waals surface area (Å²) in [6.45, 7) is -0.484. The molecule has 0 fully saturated rings. The number of aliphatic hydroxyl groups excluding tert-OH is 1. The van der Waals surface area contributed by atoms with E-state index >= 15 is 0 Å². The van der Waals surface area contributed by atoms with Gasteiger partial charge in [-0.2, -0.15) is 8.42 Å². The summed E-state index contributed by atoms with van der Waals surface area (Å²) in [5.74, 6) is -0.938. The lowest BCUT2D eigenvalue weighted by molar-refractivity contribution is 0.0601. The van der Waals surface area contributed by atoms with Gasteiger partial charge in [-0.1, -0.05) is 12.1 Å². The van der Waals surface area contributed by atoms with Crippen LogP contribution >= 0.6 is 0 Å². The molecule has 0 spiro atoms. The summed E-state index contributed by atoms with van der Waals surface area (Å²) in [7, 11) is -4.49. The minimum absolute atomic E-state index is 0.00449. The largest absolute Gasteiger partial charge is 0.495 e. The zero-order chi connectivity index (χ0) is 33.4. The number of hydrogen-bond acceptors (Lipinski definition) is 16. The molecule has 0 heterocycles. The number of hydrogen-bond donors (Lipinski definition) is 5. The van der Waals surface area contributed by atoms with Gasteiger partial charge in [-0.3, -0.25) is 4.55 Å². The van der Waals surface area contributed by atoms with Gasteiger partial charge in [-0.15, -0.1) is 20.5 Å². The Morgan fingerprint density at radius 1 is 0.844 bits per heavy atom. The highest BCUT2D eigenvalue weighted by molar-refractivity contribution is 7.91. The lowest BCUT2D eigenvalue weighted by Crippen LogP contribution is -2.20. The third kappa shape index (κ3) is 8.62. The number of aliphatic hydroxyl groups is 1. The fraction of sp³-hybridized carbons (Fsp3) is 0.269. The van der Waals surface area contributed by atoms with Gasteiger partial charge in [0.1, 0.15) is 39.1 Å². The van der Waals surface area contributed by atoms with Crippen molar-refractivity contribution in [1.29, 1.82) is 0 Å². The summed E-state index contributed by atoms with van der Waals surface area (Å²) in [4.78, 5) is 11.3. The van der Waals surface area contributed by atoms with E-state index in [1.807, 2.05) is 0 Å². The molecule has 0 saturated heterocycles. The molecule has 0 bridgehead atoms. The molecule has 242 valence electrons. The first-order valence-electron chi connectivity index (χ1n) is 12.8. The van der Waals surface area contributed by atoms with Gasteiger partial charge in [0, 0.05) is 18.7 Å². The molecular formula is C26H31N7O10S2. The lowest BCUT2D eigenvalue weighted by atomic mass is 10.2. The molecule has 0 aliphatic rings. The van der Waals surface area contributed by atoms with Crippen molar-refractivity contribution in [3.8, 4) is 11.5 Å². The minimum Gasteiger partial charge on any atom is -0.495 e. The van der Waals surface area contributed by atoms with Crippen molar-refractivity contribution in [2.75, 3.05) is 62.8 Å². The van der Waals surface area contributed by atoms with Crippen molar-refractivity contribution in [3.63, 3.8) is 0 Å². The van der Waals surface area contributed by atoms with Gasteiger partial charge < -0.3 is 36.1 Å². The number of benzene rings is 3. The highest BCUT2D eigenvalue weighted by Crippen LogP contribution is 2.44. The molecule has 19 heteroatoms. The molecule has 3 aromatic carbocycles. The molecule has 17 nitrogen and oxygen atoms in total. The van der Waals surface area contributed by atoms with Crippen LogP contribution in [0.5, 0.6) is 11.5 Å². The maximum atomic E-state index is 12.1. The van der Waals surface area contributed by atoms with Crippen molar-refractivity contribution in [2.24, 2.45) is 20.5 Å². The maximum Gasteiger partial charge on any atom is 0.340 e. The van der Waals surface area contributed by atoms with E-state index in [-0.39, 0.29) is 63.5 Å². The summed E-state index contributed by atoms with van der Waals surface area (Å²) in [6, 6.07) is 9.79. The quantitative estimate of drug-likeness (QED) is 0.0714. The number of nitrogen functional groups attached to an aromatic ring is 2.